The highest BCUT2D eigenvalue weighted by molar-refractivity contribution is 5.39. The number of hydrogen-bond acceptors (Lipinski definition) is 1. The number of ether oxygens (including phenoxy) is 1. The molecule has 0 aliphatic carbocycles. The van der Waals surface area contributed by atoms with Crippen molar-refractivity contribution in [1.29, 1.82) is 0 Å². The van der Waals surface area contributed by atoms with E-state index in [2.05, 4.69) is 0 Å². The van der Waals surface area contributed by atoms with Crippen LogP contribution in [0.1, 0.15) is 29.5 Å². The van der Waals surface area contributed by atoms with E-state index in [1.54, 1.807) is 6.07 Å². The summed E-state index contributed by atoms with van der Waals surface area (Å²) < 4.78 is 43.1. The Morgan fingerprint density at radius 3 is 2.73 bits per heavy atom. The van der Waals surface area contributed by atoms with Gasteiger partial charge in [0.1, 0.15) is 0 Å². The van der Waals surface area contributed by atoms with Gasteiger partial charge in [-0.05, 0) is 17.2 Å². The van der Waals surface area contributed by atoms with Crippen molar-refractivity contribution >= 4 is 0 Å². The largest absolute Gasteiger partial charge is 0.416 e. The van der Waals surface area contributed by atoms with Crippen LogP contribution < -0.4 is 0 Å². The van der Waals surface area contributed by atoms with Crippen LogP contribution in [0.5, 0.6) is 0 Å². The fourth-order valence-electron chi connectivity index (χ4n) is 1.92. The first-order chi connectivity index (χ1) is 7.00. The van der Waals surface area contributed by atoms with Crippen LogP contribution in [0.15, 0.2) is 18.2 Å². The van der Waals surface area contributed by atoms with Crippen LogP contribution in [0.2, 0.25) is 0 Å². The summed E-state index contributed by atoms with van der Waals surface area (Å²) in [4.78, 5) is 0. The van der Waals surface area contributed by atoms with Crippen LogP contribution in [0.25, 0.3) is 0 Å². The number of rotatable bonds is 0. The van der Waals surface area contributed by atoms with Gasteiger partial charge >= 0.3 is 6.18 Å². The van der Waals surface area contributed by atoms with Crippen molar-refractivity contribution in [3.05, 3.63) is 34.9 Å². The molecule has 2 rings (SSSR count). The zero-order valence-electron chi connectivity index (χ0n) is 8.27. The number of alkyl halides is 3. The van der Waals surface area contributed by atoms with E-state index in [0.717, 1.165) is 11.6 Å². The van der Waals surface area contributed by atoms with Gasteiger partial charge in [0.05, 0.1) is 18.8 Å². The lowest BCUT2D eigenvalue weighted by atomic mass is 9.91. The molecule has 1 aliphatic heterocycles. The summed E-state index contributed by atoms with van der Waals surface area (Å²) in [6.45, 7) is 2.43. The van der Waals surface area contributed by atoms with E-state index in [4.69, 9.17) is 4.74 Å². The Labute approximate surface area is 85.9 Å². The first-order valence-electron chi connectivity index (χ1n) is 4.77. The molecule has 1 aromatic rings. The number of fused-ring (bicyclic) bond motifs is 1. The molecule has 1 aromatic carbocycles. The van der Waals surface area contributed by atoms with E-state index in [9.17, 15) is 13.2 Å². The summed E-state index contributed by atoms with van der Waals surface area (Å²) in [5, 5.41) is 0. The fraction of sp³-hybridized carbons (Fsp3) is 0.455. The van der Waals surface area contributed by atoms with Crippen molar-refractivity contribution in [3.8, 4) is 0 Å². The molecule has 82 valence electrons. The molecule has 0 aromatic heterocycles. The average molecular weight is 216 g/mol. The van der Waals surface area contributed by atoms with Gasteiger partial charge in [-0.2, -0.15) is 13.2 Å². The molecule has 15 heavy (non-hydrogen) atoms. The lowest BCUT2D eigenvalue weighted by Gasteiger charge is -2.25. The summed E-state index contributed by atoms with van der Waals surface area (Å²) in [6.07, 6.45) is -4.29. The Kier molecular flexibility index (Phi) is 2.46. The highest BCUT2D eigenvalue weighted by Crippen LogP contribution is 2.37. The van der Waals surface area contributed by atoms with Gasteiger partial charge in [-0.25, -0.2) is 0 Å². The van der Waals surface area contributed by atoms with Gasteiger partial charge in [0, 0.05) is 5.92 Å². The van der Waals surface area contributed by atoms with Crippen LogP contribution >= 0.6 is 0 Å². The predicted molar refractivity (Wildman–Crippen MR) is 49.5 cm³/mol. The van der Waals surface area contributed by atoms with Gasteiger partial charge in [0.25, 0.3) is 0 Å². The molecule has 0 saturated carbocycles. The van der Waals surface area contributed by atoms with Crippen LogP contribution in [0, 0.1) is 0 Å². The van der Waals surface area contributed by atoms with Gasteiger partial charge < -0.3 is 4.74 Å². The van der Waals surface area contributed by atoms with E-state index < -0.39 is 11.7 Å². The first kappa shape index (κ1) is 10.5. The molecule has 4 heteroatoms. The van der Waals surface area contributed by atoms with Crippen molar-refractivity contribution in [2.24, 2.45) is 0 Å². The molecule has 1 atom stereocenters. The summed E-state index contributed by atoms with van der Waals surface area (Å²) in [5.41, 5.74) is 0.492. The SMILES string of the molecule is CC1COCc2c1cccc2C(F)(F)F. The molecule has 0 saturated heterocycles. The Morgan fingerprint density at radius 1 is 1.33 bits per heavy atom. The first-order valence-corrected chi connectivity index (χ1v) is 4.77. The predicted octanol–water partition coefficient (Wildman–Crippen LogP) is 3.34. The van der Waals surface area contributed by atoms with Crippen molar-refractivity contribution in [1.82, 2.24) is 0 Å². The smallest absolute Gasteiger partial charge is 0.376 e. The summed E-state index contributed by atoms with van der Waals surface area (Å²) in [5.74, 6) is 0.0380. The third-order valence-corrected chi connectivity index (χ3v) is 2.66. The van der Waals surface area contributed by atoms with Crippen LogP contribution in [-0.2, 0) is 17.5 Å². The van der Waals surface area contributed by atoms with E-state index >= 15 is 0 Å². The second-order valence-corrected chi connectivity index (χ2v) is 3.79. The highest BCUT2D eigenvalue weighted by atomic mass is 19.4. The second kappa shape index (κ2) is 3.52. The van der Waals surface area contributed by atoms with Gasteiger partial charge in [0.15, 0.2) is 0 Å². The maximum absolute atomic E-state index is 12.6. The van der Waals surface area contributed by atoms with Crippen molar-refractivity contribution in [3.63, 3.8) is 0 Å². The molecule has 1 aliphatic rings. The van der Waals surface area contributed by atoms with E-state index in [1.807, 2.05) is 6.92 Å². The topological polar surface area (TPSA) is 9.23 Å². The van der Waals surface area contributed by atoms with Crippen molar-refractivity contribution in [2.75, 3.05) is 6.61 Å². The molecular formula is C11H11F3O. The van der Waals surface area contributed by atoms with E-state index in [1.165, 1.54) is 6.07 Å². The van der Waals surface area contributed by atoms with Crippen molar-refractivity contribution < 1.29 is 17.9 Å². The number of benzene rings is 1. The van der Waals surface area contributed by atoms with Crippen LogP contribution in [-0.4, -0.2) is 6.61 Å². The molecule has 1 nitrogen and oxygen atoms in total. The minimum atomic E-state index is -4.29. The third-order valence-electron chi connectivity index (χ3n) is 2.66. The van der Waals surface area contributed by atoms with Crippen LogP contribution in [0.4, 0.5) is 13.2 Å². The lowest BCUT2D eigenvalue weighted by molar-refractivity contribution is -0.139. The highest BCUT2D eigenvalue weighted by Gasteiger charge is 2.35. The molecule has 1 heterocycles. The van der Waals surface area contributed by atoms with Crippen LogP contribution in [0.3, 0.4) is 0 Å². The molecule has 0 radical (unpaired) electrons. The molecule has 0 spiro atoms. The summed E-state index contributed by atoms with van der Waals surface area (Å²) >= 11 is 0. The minimum absolute atomic E-state index is 0.0380. The number of halogens is 3. The quantitative estimate of drug-likeness (QED) is 0.646. The standard InChI is InChI=1S/C11H11F3O/c1-7-5-15-6-9-8(7)3-2-4-10(9)11(12,13)14/h2-4,7H,5-6H2,1H3. The molecule has 0 bridgehead atoms. The van der Waals surface area contributed by atoms with E-state index in [0.29, 0.717) is 12.2 Å². The maximum Gasteiger partial charge on any atom is 0.416 e. The lowest BCUT2D eigenvalue weighted by Crippen LogP contribution is -2.19. The molecule has 1 unspecified atom stereocenters. The Bertz CT molecular complexity index is 371. The zero-order valence-corrected chi connectivity index (χ0v) is 8.27. The van der Waals surface area contributed by atoms with Gasteiger partial charge in [-0.1, -0.05) is 19.1 Å². The summed E-state index contributed by atoms with van der Waals surface area (Å²) in [6, 6.07) is 4.32. The monoisotopic (exact) mass is 216 g/mol. The zero-order chi connectivity index (χ0) is 11.1. The van der Waals surface area contributed by atoms with Gasteiger partial charge in [0.2, 0.25) is 0 Å². The second-order valence-electron chi connectivity index (χ2n) is 3.79. The summed E-state index contributed by atoms with van der Waals surface area (Å²) in [7, 11) is 0. The maximum atomic E-state index is 12.6. The van der Waals surface area contributed by atoms with Crippen molar-refractivity contribution in [2.45, 2.75) is 25.6 Å². The number of hydrogen-bond donors (Lipinski definition) is 0. The Morgan fingerprint density at radius 2 is 2.07 bits per heavy atom. The Balaban J connectivity index is 2.54. The fourth-order valence-corrected chi connectivity index (χ4v) is 1.92. The van der Waals surface area contributed by atoms with E-state index in [-0.39, 0.29) is 12.5 Å². The molecule has 0 N–H and O–H groups in total. The third kappa shape index (κ3) is 1.86. The average Bonchev–Trinajstić information content (AvgIpc) is 2.16. The minimum Gasteiger partial charge on any atom is -0.376 e. The van der Waals surface area contributed by atoms with Gasteiger partial charge in [-0.15, -0.1) is 0 Å². The Hall–Kier alpha value is -1.03. The normalized spacial score (nSPS) is 21.2. The van der Waals surface area contributed by atoms with Gasteiger partial charge in [-0.3, -0.25) is 0 Å². The molecule has 0 amide bonds. The molecule has 0 fully saturated rings. The molecular weight excluding hydrogens is 205 g/mol.